The molecule has 3 heterocycles. The molecule has 8 heteroatoms. The van der Waals surface area contributed by atoms with Crippen LogP contribution in [0.15, 0.2) is 42.7 Å². The number of urea groups is 1. The summed E-state index contributed by atoms with van der Waals surface area (Å²) in [4.78, 5) is 29.8. The van der Waals surface area contributed by atoms with Crippen LogP contribution in [0.25, 0.3) is 22.2 Å². The molecule has 3 aromatic rings. The number of nitrogens with one attached hydrogen (secondary N) is 1. The number of nitrogens with zero attached hydrogens (tertiary/aromatic N) is 5. The molecule has 1 aromatic carbocycles. The first kappa shape index (κ1) is 22.9. The van der Waals surface area contributed by atoms with Gasteiger partial charge in [-0.05, 0) is 70.0 Å². The second-order valence-electron chi connectivity index (χ2n) is 8.73. The molecule has 2 amide bonds. The van der Waals surface area contributed by atoms with E-state index < -0.39 is 0 Å². The smallest absolute Gasteiger partial charge is 0.323 e. The lowest BCUT2D eigenvalue weighted by Crippen LogP contribution is -2.41. The van der Waals surface area contributed by atoms with Gasteiger partial charge in [-0.2, -0.15) is 0 Å². The minimum absolute atomic E-state index is 0.0458. The van der Waals surface area contributed by atoms with E-state index in [4.69, 9.17) is 4.74 Å². The standard InChI is InChI=1S/C25H32N6O2/c1-18(2)28-25(32)30(3)23-17-26-21-9-7-19(15-22(21)29-23)20-8-10-24(27-16-20)33-14-6-13-31-11-4-5-12-31/h7-10,15-18H,4-6,11-14H2,1-3H3,(H,28,32). The molecule has 1 fully saturated rings. The number of benzene rings is 1. The van der Waals surface area contributed by atoms with Crippen LogP contribution in [-0.2, 0) is 0 Å². The number of hydrogen-bond donors (Lipinski definition) is 1. The highest BCUT2D eigenvalue weighted by atomic mass is 16.5. The molecule has 0 radical (unpaired) electrons. The minimum atomic E-state index is -0.213. The first-order valence-corrected chi connectivity index (χ1v) is 11.6. The number of aromatic nitrogens is 3. The van der Waals surface area contributed by atoms with Gasteiger partial charge in [-0.3, -0.25) is 9.88 Å². The molecule has 0 saturated carbocycles. The van der Waals surface area contributed by atoms with Crippen molar-refractivity contribution < 1.29 is 9.53 Å². The Morgan fingerprint density at radius 1 is 1.09 bits per heavy atom. The molecule has 1 saturated heterocycles. The summed E-state index contributed by atoms with van der Waals surface area (Å²) in [6, 6.07) is 9.63. The fourth-order valence-electron chi connectivity index (χ4n) is 3.90. The van der Waals surface area contributed by atoms with E-state index in [-0.39, 0.29) is 12.1 Å². The summed E-state index contributed by atoms with van der Waals surface area (Å²) in [6.07, 6.45) is 7.07. The highest BCUT2D eigenvalue weighted by molar-refractivity contribution is 5.91. The summed E-state index contributed by atoms with van der Waals surface area (Å²) in [5.41, 5.74) is 3.44. The molecule has 0 unspecified atom stereocenters. The number of ether oxygens (including phenoxy) is 1. The van der Waals surface area contributed by atoms with Crippen LogP contribution in [0.1, 0.15) is 33.1 Å². The number of pyridine rings is 1. The van der Waals surface area contributed by atoms with Crippen LogP contribution in [0.5, 0.6) is 5.88 Å². The zero-order valence-electron chi connectivity index (χ0n) is 19.6. The molecule has 2 aromatic heterocycles. The molecule has 0 aliphatic carbocycles. The fraction of sp³-hybridized carbons (Fsp3) is 0.440. The number of carbonyl (C=O) groups is 1. The van der Waals surface area contributed by atoms with Gasteiger partial charge >= 0.3 is 6.03 Å². The third kappa shape index (κ3) is 5.96. The Morgan fingerprint density at radius 2 is 1.88 bits per heavy atom. The number of carbonyl (C=O) groups excluding carboxylic acids is 1. The van der Waals surface area contributed by atoms with Crippen molar-refractivity contribution in [2.24, 2.45) is 0 Å². The first-order valence-electron chi connectivity index (χ1n) is 11.6. The van der Waals surface area contributed by atoms with E-state index in [1.165, 1.54) is 30.8 Å². The van der Waals surface area contributed by atoms with Crippen LogP contribution >= 0.6 is 0 Å². The summed E-state index contributed by atoms with van der Waals surface area (Å²) in [5, 5.41) is 2.86. The number of fused-ring (bicyclic) bond motifs is 1. The lowest BCUT2D eigenvalue weighted by molar-refractivity contribution is 0.245. The molecule has 8 nitrogen and oxygen atoms in total. The van der Waals surface area contributed by atoms with Crippen LogP contribution in [0.4, 0.5) is 10.6 Å². The van der Waals surface area contributed by atoms with Crippen LogP contribution in [0.2, 0.25) is 0 Å². The van der Waals surface area contributed by atoms with Crippen LogP contribution in [-0.4, -0.2) is 65.2 Å². The van der Waals surface area contributed by atoms with Crippen molar-refractivity contribution in [3.63, 3.8) is 0 Å². The van der Waals surface area contributed by atoms with Crippen molar-refractivity contribution in [3.8, 4) is 17.0 Å². The van der Waals surface area contributed by atoms with E-state index in [0.29, 0.717) is 18.3 Å². The van der Waals surface area contributed by atoms with Crippen molar-refractivity contribution in [3.05, 3.63) is 42.7 Å². The summed E-state index contributed by atoms with van der Waals surface area (Å²) in [6.45, 7) is 8.03. The SMILES string of the molecule is CC(C)NC(=O)N(C)c1cnc2ccc(-c3ccc(OCCCN4CCCC4)nc3)cc2n1. The second kappa shape index (κ2) is 10.6. The van der Waals surface area contributed by atoms with Gasteiger partial charge in [0.15, 0.2) is 5.82 Å². The predicted octanol–water partition coefficient (Wildman–Crippen LogP) is 4.11. The van der Waals surface area contributed by atoms with Gasteiger partial charge in [0.25, 0.3) is 0 Å². The topological polar surface area (TPSA) is 83.5 Å². The summed E-state index contributed by atoms with van der Waals surface area (Å²) >= 11 is 0. The number of amides is 2. The molecule has 1 aliphatic heterocycles. The lowest BCUT2D eigenvalue weighted by atomic mass is 10.1. The second-order valence-corrected chi connectivity index (χ2v) is 8.73. The average molecular weight is 449 g/mol. The normalized spacial score (nSPS) is 14.1. The van der Waals surface area contributed by atoms with E-state index in [1.54, 1.807) is 13.2 Å². The van der Waals surface area contributed by atoms with Crippen molar-refractivity contribution in [2.45, 2.75) is 39.2 Å². The first-order chi connectivity index (χ1) is 16.0. The summed E-state index contributed by atoms with van der Waals surface area (Å²) in [7, 11) is 1.69. The van der Waals surface area contributed by atoms with Gasteiger partial charge in [0.2, 0.25) is 5.88 Å². The van der Waals surface area contributed by atoms with E-state index in [1.807, 2.05) is 50.4 Å². The average Bonchev–Trinajstić information content (AvgIpc) is 3.34. The fourth-order valence-corrected chi connectivity index (χ4v) is 3.90. The Kier molecular flexibility index (Phi) is 7.34. The largest absolute Gasteiger partial charge is 0.478 e. The van der Waals surface area contributed by atoms with Crippen LogP contribution < -0.4 is 15.0 Å². The Hall–Kier alpha value is -3.26. The maximum absolute atomic E-state index is 12.3. The van der Waals surface area contributed by atoms with Gasteiger partial charge in [0.1, 0.15) is 0 Å². The maximum atomic E-state index is 12.3. The highest BCUT2D eigenvalue weighted by Crippen LogP contribution is 2.25. The molecule has 174 valence electrons. The Balaban J connectivity index is 1.41. The summed E-state index contributed by atoms with van der Waals surface area (Å²) < 4.78 is 5.82. The molecule has 1 aliphatic rings. The third-order valence-electron chi connectivity index (χ3n) is 5.73. The molecule has 1 N–H and O–H groups in total. The molecule has 33 heavy (non-hydrogen) atoms. The van der Waals surface area contributed by atoms with E-state index in [9.17, 15) is 4.79 Å². The van der Waals surface area contributed by atoms with E-state index >= 15 is 0 Å². The van der Waals surface area contributed by atoms with Gasteiger partial charge < -0.3 is 15.0 Å². The summed E-state index contributed by atoms with van der Waals surface area (Å²) in [5.74, 6) is 1.13. The van der Waals surface area contributed by atoms with Crippen molar-refractivity contribution in [1.29, 1.82) is 0 Å². The minimum Gasteiger partial charge on any atom is -0.478 e. The molecule has 0 atom stereocenters. The Bertz CT molecular complexity index is 1080. The van der Waals surface area contributed by atoms with Gasteiger partial charge in [-0.25, -0.2) is 14.8 Å². The molecule has 0 bridgehead atoms. The molecular formula is C25H32N6O2. The highest BCUT2D eigenvalue weighted by Gasteiger charge is 2.14. The monoisotopic (exact) mass is 448 g/mol. The number of rotatable bonds is 8. The molecule has 4 rings (SSSR count). The molecular weight excluding hydrogens is 416 g/mol. The van der Waals surface area contributed by atoms with Crippen LogP contribution in [0.3, 0.4) is 0 Å². The Labute approximate surface area is 195 Å². The van der Waals surface area contributed by atoms with Crippen molar-refractivity contribution in [2.75, 3.05) is 38.2 Å². The van der Waals surface area contributed by atoms with Gasteiger partial charge in [-0.1, -0.05) is 6.07 Å². The van der Waals surface area contributed by atoms with Gasteiger partial charge in [0.05, 0.1) is 23.8 Å². The zero-order chi connectivity index (χ0) is 23.2. The number of anilines is 1. The quantitative estimate of drug-likeness (QED) is 0.522. The van der Waals surface area contributed by atoms with Crippen molar-refractivity contribution >= 4 is 22.9 Å². The predicted molar refractivity (Wildman–Crippen MR) is 131 cm³/mol. The van der Waals surface area contributed by atoms with E-state index in [2.05, 4.69) is 25.2 Å². The number of hydrogen-bond acceptors (Lipinski definition) is 6. The Morgan fingerprint density at radius 3 is 2.61 bits per heavy atom. The van der Waals surface area contributed by atoms with Gasteiger partial charge in [-0.15, -0.1) is 0 Å². The van der Waals surface area contributed by atoms with Crippen molar-refractivity contribution in [1.82, 2.24) is 25.2 Å². The molecule has 0 spiro atoms. The van der Waals surface area contributed by atoms with Crippen LogP contribution in [0, 0.1) is 0 Å². The number of likely N-dealkylation sites (tertiary alicyclic amines) is 1. The zero-order valence-corrected chi connectivity index (χ0v) is 19.6. The van der Waals surface area contributed by atoms with E-state index in [0.717, 1.165) is 35.1 Å². The van der Waals surface area contributed by atoms with Gasteiger partial charge in [0, 0.05) is 37.5 Å². The maximum Gasteiger partial charge on any atom is 0.323 e. The third-order valence-corrected chi connectivity index (χ3v) is 5.73. The lowest BCUT2D eigenvalue weighted by Gasteiger charge is -2.18.